The third-order valence-electron chi connectivity index (χ3n) is 3.77. The Hall–Kier alpha value is -2.29. The van der Waals surface area contributed by atoms with Crippen molar-refractivity contribution in [1.29, 1.82) is 0 Å². The molecule has 24 heavy (non-hydrogen) atoms. The van der Waals surface area contributed by atoms with Gasteiger partial charge in [0.2, 0.25) is 0 Å². The Balaban J connectivity index is 1.81. The molecule has 0 saturated carbocycles. The van der Waals surface area contributed by atoms with Crippen LogP contribution in [0.1, 0.15) is 15.9 Å². The molecule has 0 saturated heterocycles. The lowest BCUT2D eigenvalue weighted by atomic mass is 9.99. The summed E-state index contributed by atoms with van der Waals surface area (Å²) in [6, 6.07) is 20.3. The SMILES string of the molecule is O=C(Cc1cc(Cl)cc(Cl)c1O)c1ccc(-c2ccccc2)cc1. The maximum Gasteiger partial charge on any atom is 0.167 e. The van der Waals surface area contributed by atoms with E-state index in [2.05, 4.69) is 0 Å². The van der Waals surface area contributed by atoms with Crippen LogP contribution in [0.25, 0.3) is 11.1 Å². The first-order valence-electron chi connectivity index (χ1n) is 7.40. The lowest BCUT2D eigenvalue weighted by Gasteiger charge is -2.08. The normalized spacial score (nSPS) is 10.6. The topological polar surface area (TPSA) is 37.3 Å². The Morgan fingerprint density at radius 2 is 1.50 bits per heavy atom. The maximum absolute atomic E-state index is 12.4. The number of ketones is 1. The molecule has 3 aromatic rings. The second-order valence-corrected chi connectivity index (χ2v) is 6.28. The Morgan fingerprint density at radius 3 is 2.17 bits per heavy atom. The minimum absolute atomic E-state index is 0.0385. The molecule has 3 rings (SSSR count). The second kappa shape index (κ2) is 7.08. The average Bonchev–Trinajstić information content (AvgIpc) is 2.60. The Morgan fingerprint density at radius 1 is 0.875 bits per heavy atom. The van der Waals surface area contributed by atoms with Crippen LogP contribution in [0.2, 0.25) is 10.0 Å². The summed E-state index contributed by atoms with van der Waals surface area (Å²) in [5.74, 6) is -0.210. The van der Waals surface area contributed by atoms with Crippen molar-refractivity contribution < 1.29 is 9.90 Å². The minimum Gasteiger partial charge on any atom is -0.506 e. The van der Waals surface area contributed by atoms with E-state index in [0.717, 1.165) is 11.1 Å². The van der Waals surface area contributed by atoms with Crippen molar-refractivity contribution in [2.75, 3.05) is 0 Å². The van der Waals surface area contributed by atoms with E-state index < -0.39 is 0 Å². The molecule has 0 aliphatic rings. The summed E-state index contributed by atoms with van der Waals surface area (Å²) >= 11 is 11.8. The molecule has 120 valence electrons. The van der Waals surface area contributed by atoms with Crippen molar-refractivity contribution in [3.63, 3.8) is 0 Å². The lowest BCUT2D eigenvalue weighted by Crippen LogP contribution is -2.04. The Labute approximate surface area is 150 Å². The van der Waals surface area contributed by atoms with Crippen LogP contribution in [0.3, 0.4) is 0 Å². The zero-order valence-electron chi connectivity index (χ0n) is 12.7. The van der Waals surface area contributed by atoms with Crippen molar-refractivity contribution in [2.45, 2.75) is 6.42 Å². The second-order valence-electron chi connectivity index (χ2n) is 5.44. The fourth-order valence-corrected chi connectivity index (χ4v) is 3.04. The van der Waals surface area contributed by atoms with Gasteiger partial charge in [0.05, 0.1) is 5.02 Å². The standard InChI is InChI=1S/C20H14Cl2O2/c21-17-10-16(20(24)18(22)12-17)11-19(23)15-8-6-14(7-9-15)13-4-2-1-3-5-13/h1-10,12,24H,11H2. The first kappa shape index (κ1) is 16.6. The number of carbonyl (C=O) groups excluding carboxylic acids is 1. The van der Waals surface area contributed by atoms with Gasteiger partial charge < -0.3 is 5.11 Å². The van der Waals surface area contributed by atoms with E-state index in [1.807, 2.05) is 42.5 Å². The number of halogens is 2. The molecule has 0 atom stereocenters. The highest BCUT2D eigenvalue weighted by Gasteiger charge is 2.13. The van der Waals surface area contributed by atoms with E-state index in [1.165, 1.54) is 6.07 Å². The van der Waals surface area contributed by atoms with Gasteiger partial charge in [-0.05, 0) is 23.3 Å². The van der Waals surface area contributed by atoms with Crippen LogP contribution in [0.5, 0.6) is 5.75 Å². The number of phenols is 1. The van der Waals surface area contributed by atoms with Gasteiger partial charge in [0.25, 0.3) is 0 Å². The molecule has 0 heterocycles. The van der Waals surface area contributed by atoms with Gasteiger partial charge in [0.15, 0.2) is 5.78 Å². The average molecular weight is 357 g/mol. The predicted molar refractivity (Wildman–Crippen MR) is 98.0 cm³/mol. The van der Waals surface area contributed by atoms with Crippen molar-refractivity contribution in [2.24, 2.45) is 0 Å². The van der Waals surface area contributed by atoms with Gasteiger partial charge in [0, 0.05) is 22.6 Å². The van der Waals surface area contributed by atoms with Gasteiger partial charge in [-0.2, -0.15) is 0 Å². The highest BCUT2D eigenvalue weighted by molar-refractivity contribution is 6.35. The molecule has 1 N–H and O–H groups in total. The number of rotatable bonds is 4. The monoisotopic (exact) mass is 356 g/mol. The largest absolute Gasteiger partial charge is 0.506 e. The van der Waals surface area contributed by atoms with Gasteiger partial charge in [-0.3, -0.25) is 4.79 Å². The van der Waals surface area contributed by atoms with Crippen LogP contribution in [0.4, 0.5) is 0 Å². The molecule has 0 spiro atoms. The fraction of sp³-hybridized carbons (Fsp3) is 0.0500. The zero-order chi connectivity index (χ0) is 17.1. The first-order valence-corrected chi connectivity index (χ1v) is 8.16. The highest BCUT2D eigenvalue weighted by atomic mass is 35.5. The number of phenolic OH excluding ortho intramolecular Hbond substituents is 1. The van der Waals surface area contributed by atoms with E-state index in [4.69, 9.17) is 23.2 Å². The molecule has 3 aromatic carbocycles. The zero-order valence-corrected chi connectivity index (χ0v) is 14.2. The third kappa shape index (κ3) is 3.61. The Kier molecular flexibility index (Phi) is 4.89. The van der Waals surface area contributed by atoms with E-state index in [-0.39, 0.29) is 23.0 Å². The first-order chi connectivity index (χ1) is 11.5. The van der Waals surface area contributed by atoms with Crippen molar-refractivity contribution in [3.8, 4) is 16.9 Å². The van der Waals surface area contributed by atoms with Crippen molar-refractivity contribution >= 4 is 29.0 Å². The summed E-state index contributed by atoms with van der Waals surface area (Å²) in [5.41, 5.74) is 3.13. The maximum atomic E-state index is 12.4. The fourth-order valence-electron chi connectivity index (χ4n) is 2.51. The molecule has 0 fully saturated rings. The summed E-state index contributed by atoms with van der Waals surface area (Å²) < 4.78 is 0. The van der Waals surface area contributed by atoms with E-state index >= 15 is 0 Å². The summed E-state index contributed by atoms with van der Waals surface area (Å²) in [6.45, 7) is 0. The smallest absolute Gasteiger partial charge is 0.167 e. The van der Waals surface area contributed by atoms with E-state index in [9.17, 15) is 9.90 Å². The molecule has 0 aromatic heterocycles. The van der Waals surface area contributed by atoms with Gasteiger partial charge in [-0.1, -0.05) is 77.8 Å². The minimum atomic E-state index is -0.108. The van der Waals surface area contributed by atoms with Crippen LogP contribution in [-0.4, -0.2) is 10.9 Å². The van der Waals surface area contributed by atoms with Crippen LogP contribution < -0.4 is 0 Å². The Bertz CT molecular complexity index is 872. The quantitative estimate of drug-likeness (QED) is 0.600. The molecule has 0 aliphatic heterocycles. The van der Waals surface area contributed by atoms with Gasteiger partial charge in [-0.25, -0.2) is 0 Å². The molecule has 0 amide bonds. The predicted octanol–water partition coefficient (Wildman–Crippen LogP) is 5.79. The summed E-state index contributed by atoms with van der Waals surface area (Å²) in [6.07, 6.45) is 0.0385. The molecule has 0 radical (unpaired) electrons. The van der Waals surface area contributed by atoms with E-state index in [1.54, 1.807) is 18.2 Å². The number of Topliss-reactive ketones (excluding diaryl/α,β-unsaturated/α-hetero) is 1. The number of benzene rings is 3. The summed E-state index contributed by atoms with van der Waals surface area (Å²) in [4.78, 5) is 12.4. The number of hydrogen-bond donors (Lipinski definition) is 1. The third-order valence-corrected chi connectivity index (χ3v) is 4.28. The van der Waals surface area contributed by atoms with Crippen LogP contribution in [0, 0.1) is 0 Å². The number of aromatic hydroxyl groups is 1. The van der Waals surface area contributed by atoms with Crippen LogP contribution in [0.15, 0.2) is 66.7 Å². The van der Waals surface area contributed by atoms with Gasteiger partial charge >= 0.3 is 0 Å². The molecule has 0 bridgehead atoms. The number of hydrogen-bond acceptors (Lipinski definition) is 2. The molecular formula is C20H14Cl2O2. The molecule has 0 unspecified atom stereocenters. The van der Waals surface area contributed by atoms with E-state index in [0.29, 0.717) is 16.1 Å². The lowest BCUT2D eigenvalue weighted by molar-refractivity contribution is 0.0992. The molecule has 2 nitrogen and oxygen atoms in total. The molecule has 4 heteroatoms. The van der Waals surface area contributed by atoms with Crippen molar-refractivity contribution in [1.82, 2.24) is 0 Å². The molecule has 0 aliphatic carbocycles. The van der Waals surface area contributed by atoms with Crippen LogP contribution >= 0.6 is 23.2 Å². The van der Waals surface area contributed by atoms with Crippen molar-refractivity contribution in [3.05, 3.63) is 87.9 Å². The summed E-state index contributed by atoms with van der Waals surface area (Å²) in [5, 5.41) is 10.5. The van der Waals surface area contributed by atoms with Gasteiger partial charge in [0.1, 0.15) is 5.75 Å². The van der Waals surface area contributed by atoms with Gasteiger partial charge in [-0.15, -0.1) is 0 Å². The highest BCUT2D eigenvalue weighted by Crippen LogP contribution is 2.32. The summed E-state index contributed by atoms with van der Waals surface area (Å²) in [7, 11) is 0. The van der Waals surface area contributed by atoms with Crippen LogP contribution in [-0.2, 0) is 6.42 Å². The molecular weight excluding hydrogens is 343 g/mol. The number of carbonyl (C=O) groups is 1.